The average Bonchev–Trinajstić information content (AvgIpc) is 3.14. The van der Waals surface area contributed by atoms with Gasteiger partial charge in [-0.25, -0.2) is 4.79 Å². The van der Waals surface area contributed by atoms with Crippen molar-refractivity contribution < 1.29 is 14.3 Å². The number of hydrogen-bond donors (Lipinski definition) is 1. The molecule has 0 saturated carbocycles. The van der Waals surface area contributed by atoms with E-state index in [1.54, 1.807) is 11.1 Å². The molecule has 0 radical (unpaired) electrons. The van der Waals surface area contributed by atoms with E-state index in [1.165, 1.54) is 0 Å². The van der Waals surface area contributed by atoms with E-state index in [0.29, 0.717) is 45.0 Å². The molecule has 28 heavy (non-hydrogen) atoms. The Morgan fingerprint density at radius 2 is 1.96 bits per heavy atom. The summed E-state index contributed by atoms with van der Waals surface area (Å²) in [7, 11) is 0. The zero-order valence-electron chi connectivity index (χ0n) is 16.8. The fraction of sp³-hybridized carbons (Fsp3) is 0.500. The van der Waals surface area contributed by atoms with Crippen LogP contribution in [0.2, 0.25) is 0 Å². The van der Waals surface area contributed by atoms with Crippen molar-refractivity contribution in [2.75, 3.05) is 43.4 Å². The molecule has 8 heteroatoms. The number of aromatic nitrogens is 2. The van der Waals surface area contributed by atoms with E-state index in [1.807, 2.05) is 55.9 Å². The summed E-state index contributed by atoms with van der Waals surface area (Å²) >= 11 is 0. The van der Waals surface area contributed by atoms with Crippen LogP contribution in [0.4, 0.5) is 16.2 Å². The van der Waals surface area contributed by atoms with Crippen molar-refractivity contribution >= 4 is 17.5 Å². The molecule has 8 nitrogen and oxygen atoms in total. The van der Waals surface area contributed by atoms with Crippen LogP contribution in [0, 0.1) is 0 Å². The summed E-state index contributed by atoms with van der Waals surface area (Å²) in [5.74, 6) is 0.748. The zero-order valence-corrected chi connectivity index (χ0v) is 16.8. The molecule has 1 aliphatic rings. The standard InChI is InChI=1S/C20H29N5O3/c1-20(2,3)28-19(26)24-11-9-23(10-12-24)17-6-5-16(21)15-18(17)27-14-13-25-8-4-7-22-25/h4-8,15H,9-14,21H2,1-3H3. The number of carbonyl (C=O) groups is 1. The first-order valence-corrected chi connectivity index (χ1v) is 9.54. The van der Waals surface area contributed by atoms with Crippen LogP contribution in [0.3, 0.4) is 0 Å². The van der Waals surface area contributed by atoms with Crippen molar-refractivity contribution in [1.82, 2.24) is 14.7 Å². The summed E-state index contributed by atoms with van der Waals surface area (Å²) in [5.41, 5.74) is 7.12. The van der Waals surface area contributed by atoms with Crippen molar-refractivity contribution in [1.29, 1.82) is 0 Å². The average molecular weight is 387 g/mol. The highest BCUT2D eigenvalue weighted by Crippen LogP contribution is 2.31. The molecule has 1 amide bonds. The second-order valence-electron chi connectivity index (χ2n) is 7.80. The van der Waals surface area contributed by atoms with E-state index in [-0.39, 0.29) is 6.09 Å². The molecule has 1 aliphatic heterocycles. The number of benzene rings is 1. The number of amides is 1. The van der Waals surface area contributed by atoms with Gasteiger partial charge < -0.3 is 25.0 Å². The molecule has 1 fully saturated rings. The maximum Gasteiger partial charge on any atom is 0.410 e. The van der Waals surface area contributed by atoms with E-state index < -0.39 is 5.60 Å². The summed E-state index contributed by atoms with van der Waals surface area (Å²) in [4.78, 5) is 16.2. The fourth-order valence-corrected chi connectivity index (χ4v) is 3.05. The molecule has 0 aliphatic carbocycles. The highest BCUT2D eigenvalue weighted by Gasteiger charge is 2.27. The Kier molecular flexibility index (Phi) is 5.96. The van der Waals surface area contributed by atoms with E-state index >= 15 is 0 Å². The third kappa shape index (κ3) is 5.31. The van der Waals surface area contributed by atoms with E-state index in [0.717, 1.165) is 11.4 Å². The number of nitrogens with zero attached hydrogens (tertiary/aromatic N) is 4. The molecule has 0 spiro atoms. The molecule has 0 bridgehead atoms. The van der Waals surface area contributed by atoms with Crippen LogP contribution in [0.5, 0.6) is 5.75 Å². The molecular weight excluding hydrogens is 358 g/mol. The summed E-state index contributed by atoms with van der Waals surface area (Å²) in [6, 6.07) is 7.58. The summed E-state index contributed by atoms with van der Waals surface area (Å²) in [6.45, 7) is 9.41. The van der Waals surface area contributed by atoms with E-state index in [2.05, 4.69) is 10.00 Å². The number of ether oxygens (including phenoxy) is 2. The van der Waals surface area contributed by atoms with Gasteiger partial charge >= 0.3 is 6.09 Å². The second kappa shape index (κ2) is 8.41. The number of nitrogen functional groups attached to an aromatic ring is 1. The number of anilines is 2. The molecule has 0 atom stereocenters. The number of rotatable bonds is 5. The van der Waals surface area contributed by atoms with Gasteiger partial charge in [0.15, 0.2) is 0 Å². The minimum Gasteiger partial charge on any atom is -0.489 e. The van der Waals surface area contributed by atoms with Crippen molar-refractivity contribution in [3.63, 3.8) is 0 Å². The molecule has 1 saturated heterocycles. The molecule has 1 aromatic heterocycles. The van der Waals surface area contributed by atoms with E-state index in [9.17, 15) is 4.79 Å². The van der Waals surface area contributed by atoms with Crippen molar-refractivity contribution in [3.05, 3.63) is 36.7 Å². The number of carbonyl (C=O) groups excluding carboxylic acids is 1. The first-order valence-electron chi connectivity index (χ1n) is 9.54. The predicted octanol–water partition coefficient (Wildman–Crippen LogP) is 2.60. The highest BCUT2D eigenvalue weighted by atomic mass is 16.6. The Bertz CT molecular complexity index is 778. The van der Waals surface area contributed by atoms with Gasteiger partial charge in [0.2, 0.25) is 0 Å². The van der Waals surface area contributed by atoms with E-state index in [4.69, 9.17) is 15.2 Å². The zero-order chi connectivity index (χ0) is 20.1. The molecule has 2 heterocycles. The third-order valence-corrected chi connectivity index (χ3v) is 4.39. The topological polar surface area (TPSA) is 85.9 Å². The SMILES string of the molecule is CC(C)(C)OC(=O)N1CCN(c2ccc(N)cc2OCCn2cccn2)CC1. The maximum absolute atomic E-state index is 12.3. The lowest BCUT2D eigenvalue weighted by atomic mass is 10.2. The van der Waals surface area contributed by atoms with Crippen molar-refractivity contribution in [2.24, 2.45) is 0 Å². The van der Waals surface area contributed by atoms with Gasteiger partial charge in [-0.1, -0.05) is 0 Å². The smallest absolute Gasteiger partial charge is 0.410 e. The van der Waals surface area contributed by atoms with Crippen molar-refractivity contribution in [3.8, 4) is 5.75 Å². The summed E-state index contributed by atoms with van der Waals surface area (Å²) < 4.78 is 13.3. The first kappa shape index (κ1) is 19.9. The monoisotopic (exact) mass is 387 g/mol. The Labute approximate surface area is 165 Å². The Hall–Kier alpha value is -2.90. The quantitative estimate of drug-likeness (QED) is 0.794. The summed E-state index contributed by atoms with van der Waals surface area (Å²) in [6.07, 6.45) is 3.38. The Morgan fingerprint density at radius 1 is 1.21 bits per heavy atom. The lowest BCUT2D eigenvalue weighted by molar-refractivity contribution is 0.0240. The van der Waals surface area contributed by atoms with Crippen LogP contribution in [-0.2, 0) is 11.3 Å². The fourth-order valence-electron chi connectivity index (χ4n) is 3.05. The van der Waals surface area contributed by atoms with Gasteiger partial charge in [-0.2, -0.15) is 5.10 Å². The van der Waals surface area contributed by atoms with Crippen LogP contribution < -0.4 is 15.4 Å². The highest BCUT2D eigenvalue weighted by molar-refractivity contribution is 5.69. The molecule has 152 valence electrons. The largest absolute Gasteiger partial charge is 0.489 e. The molecule has 1 aromatic carbocycles. The maximum atomic E-state index is 12.3. The second-order valence-corrected chi connectivity index (χ2v) is 7.80. The van der Waals surface area contributed by atoms with Crippen molar-refractivity contribution in [2.45, 2.75) is 32.9 Å². The minimum absolute atomic E-state index is 0.264. The molecule has 3 rings (SSSR count). The normalized spacial score (nSPS) is 14.8. The number of nitrogens with two attached hydrogens (primary N) is 1. The minimum atomic E-state index is -0.485. The van der Waals surface area contributed by atoms with Crippen LogP contribution in [0.15, 0.2) is 36.7 Å². The first-order chi connectivity index (χ1) is 13.3. The number of piperazine rings is 1. The van der Waals surface area contributed by atoms with Gasteiger partial charge in [-0.15, -0.1) is 0 Å². The molecule has 2 aromatic rings. The van der Waals surface area contributed by atoms with Gasteiger partial charge in [0.05, 0.1) is 12.2 Å². The van der Waals surface area contributed by atoms with Gasteiger partial charge in [-0.05, 0) is 39.0 Å². The van der Waals surface area contributed by atoms with Gasteiger partial charge in [0, 0.05) is 50.3 Å². The Balaban J connectivity index is 1.60. The van der Waals surface area contributed by atoms with Crippen LogP contribution in [0.25, 0.3) is 0 Å². The van der Waals surface area contributed by atoms with Crippen LogP contribution in [-0.4, -0.2) is 59.2 Å². The summed E-state index contributed by atoms with van der Waals surface area (Å²) in [5, 5.41) is 4.18. The molecule has 0 unspecified atom stereocenters. The van der Waals surface area contributed by atoms with Gasteiger partial charge in [0.25, 0.3) is 0 Å². The lowest BCUT2D eigenvalue weighted by Crippen LogP contribution is -2.50. The van der Waals surface area contributed by atoms with Gasteiger partial charge in [-0.3, -0.25) is 4.68 Å². The molecule has 2 N–H and O–H groups in total. The predicted molar refractivity (Wildman–Crippen MR) is 109 cm³/mol. The van der Waals surface area contributed by atoms with Crippen LogP contribution >= 0.6 is 0 Å². The third-order valence-electron chi connectivity index (χ3n) is 4.39. The van der Waals surface area contributed by atoms with Crippen LogP contribution in [0.1, 0.15) is 20.8 Å². The number of hydrogen-bond acceptors (Lipinski definition) is 6. The lowest BCUT2D eigenvalue weighted by Gasteiger charge is -2.37. The Morgan fingerprint density at radius 3 is 2.61 bits per heavy atom. The van der Waals surface area contributed by atoms with Gasteiger partial charge in [0.1, 0.15) is 18.0 Å². The molecular formula is C20H29N5O3.